The van der Waals surface area contributed by atoms with Crippen LogP contribution in [0.4, 0.5) is 14.5 Å². The van der Waals surface area contributed by atoms with Gasteiger partial charge >= 0.3 is 0 Å². The summed E-state index contributed by atoms with van der Waals surface area (Å²) in [6.45, 7) is 1.63. The number of nitrogens with zero attached hydrogens (tertiary/aromatic N) is 3. The number of hydrogen-bond acceptors (Lipinski definition) is 3. The van der Waals surface area contributed by atoms with E-state index in [-0.39, 0.29) is 17.8 Å². The minimum Gasteiger partial charge on any atom is -0.350 e. The van der Waals surface area contributed by atoms with Gasteiger partial charge in [0.2, 0.25) is 0 Å². The van der Waals surface area contributed by atoms with E-state index in [1.54, 1.807) is 24.3 Å². The summed E-state index contributed by atoms with van der Waals surface area (Å²) in [6, 6.07) is 14.0. The molecule has 3 aromatic rings. The van der Waals surface area contributed by atoms with Crippen LogP contribution in [-0.4, -0.2) is 20.9 Å². The molecule has 2 aromatic carbocycles. The number of rotatable bonds is 4. The lowest BCUT2D eigenvalue weighted by molar-refractivity contribution is -0.385. The van der Waals surface area contributed by atoms with Gasteiger partial charge in [-0.3, -0.25) is 15.0 Å². The topological polar surface area (TPSA) is 51.3 Å². The van der Waals surface area contributed by atoms with E-state index >= 15 is 0 Å². The zero-order chi connectivity index (χ0) is 19.7. The second kappa shape index (κ2) is 7.52. The SMILES string of the molecule is O=[N+]([O-])c1ccccc1CN1CCCn2cccc2C1c1cccc(F)c1F. The van der Waals surface area contributed by atoms with Crippen molar-refractivity contribution in [3.63, 3.8) is 0 Å². The number of halogens is 2. The Morgan fingerprint density at radius 2 is 1.86 bits per heavy atom. The Balaban J connectivity index is 1.81. The number of fused-ring (bicyclic) bond motifs is 1. The molecule has 144 valence electrons. The predicted octanol–water partition coefficient (Wildman–Crippen LogP) is 4.67. The van der Waals surface area contributed by atoms with Gasteiger partial charge in [0.1, 0.15) is 0 Å². The highest BCUT2D eigenvalue weighted by molar-refractivity contribution is 5.40. The lowest BCUT2D eigenvalue weighted by Crippen LogP contribution is -2.30. The molecule has 1 aliphatic heterocycles. The molecule has 7 heteroatoms. The molecule has 1 unspecified atom stereocenters. The minimum atomic E-state index is -0.898. The smallest absolute Gasteiger partial charge is 0.273 e. The van der Waals surface area contributed by atoms with Gasteiger partial charge in [-0.1, -0.05) is 30.3 Å². The Labute approximate surface area is 161 Å². The molecule has 0 radical (unpaired) electrons. The number of aryl methyl sites for hydroxylation is 1. The first-order valence-electron chi connectivity index (χ1n) is 9.11. The fourth-order valence-electron chi connectivity index (χ4n) is 3.94. The van der Waals surface area contributed by atoms with Crippen LogP contribution in [0.5, 0.6) is 0 Å². The monoisotopic (exact) mass is 383 g/mol. The first-order valence-corrected chi connectivity index (χ1v) is 9.11. The van der Waals surface area contributed by atoms with Crippen LogP contribution in [0.1, 0.15) is 29.3 Å². The van der Waals surface area contributed by atoms with Crippen LogP contribution in [0.3, 0.4) is 0 Å². The summed E-state index contributed by atoms with van der Waals surface area (Å²) >= 11 is 0. The molecule has 0 saturated heterocycles. The maximum Gasteiger partial charge on any atom is 0.273 e. The summed E-state index contributed by atoms with van der Waals surface area (Å²) in [5, 5.41) is 11.4. The number of aromatic nitrogens is 1. The van der Waals surface area contributed by atoms with E-state index in [1.165, 1.54) is 12.1 Å². The Bertz CT molecular complexity index is 1020. The van der Waals surface area contributed by atoms with Crippen molar-refractivity contribution in [1.82, 2.24) is 9.47 Å². The third-order valence-corrected chi connectivity index (χ3v) is 5.19. The Morgan fingerprint density at radius 3 is 2.68 bits per heavy atom. The van der Waals surface area contributed by atoms with Crippen LogP contribution in [0, 0.1) is 21.7 Å². The first kappa shape index (κ1) is 18.3. The summed E-state index contributed by atoms with van der Waals surface area (Å²) < 4.78 is 30.7. The lowest BCUT2D eigenvalue weighted by atomic mass is 10.00. The fraction of sp³-hybridized carbons (Fsp3) is 0.238. The van der Waals surface area contributed by atoms with Gasteiger partial charge in [-0.05, 0) is 24.6 Å². The van der Waals surface area contributed by atoms with Crippen molar-refractivity contribution in [2.24, 2.45) is 0 Å². The normalized spacial score (nSPS) is 17.1. The summed E-state index contributed by atoms with van der Waals surface area (Å²) in [5.74, 6) is -1.78. The Morgan fingerprint density at radius 1 is 1.04 bits per heavy atom. The average molecular weight is 383 g/mol. The number of para-hydroxylation sites is 1. The van der Waals surface area contributed by atoms with Crippen molar-refractivity contribution in [2.45, 2.75) is 25.6 Å². The zero-order valence-corrected chi connectivity index (χ0v) is 15.1. The lowest BCUT2D eigenvalue weighted by Gasteiger charge is -2.30. The third-order valence-electron chi connectivity index (χ3n) is 5.19. The molecule has 0 N–H and O–H groups in total. The molecule has 1 atom stereocenters. The number of hydrogen-bond donors (Lipinski definition) is 0. The van der Waals surface area contributed by atoms with Crippen molar-refractivity contribution in [3.8, 4) is 0 Å². The third kappa shape index (κ3) is 3.29. The highest BCUT2D eigenvalue weighted by Gasteiger charge is 2.31. The molecule has 0 fully saturated rings. The van der Waals surface area contributed by atoms with E-state index < -0.39 is 22.6 Å². The number of benzene rings is 2. The Hall–Kier alpha value is -3.06. The zero-order valence-electron chi connectivity index (χ0n) is 15.1. The summed E-state index contributed by atoms with van der Waals surface area (Å²) in [5.41, 5.74) is 1.66. The predicted molar refractivity (Wildman–Crippen MR) is 101 cm³/mol. The van der Waals surface area contributed by atoms with Gasteiger partial charge in [-0.15, -0.1) is 0 Å². The van der Waals surface area contributed by atoms with Crippen LogP contribution in [-0.2, 0) is 13.1 Å². The van der Waals surface area contributed by atoms with Crippen molar-refractivity contribution < 1.29 is 13.7 Å². The highest BCUT2D eigenvalue weighted by Crippen LogP contribution is 2.35. The number of nitro benzene ring substituents is 1. The first-order chi connectivity index (χ1) is 13.6. The van der Waals surface area contributed by atoms with Crippen LogP contribution in [0.25, 0.3) is 0 Å². The van der Waals surface area contributed by atoms with E-state index in [0.29, 0.717) is 12.1 Å². The van der Waals surface area contributed by atoms with Crippen molar-refractivity contribution >= 4 is 5.69 Å². The molecule has 1 aliphatic rings. The van der Waals surface area contributed by atoms with Gasteiger partial charge < -0.3 is 4.57 Å². The van der Waals surface area contributed by atoms with Crippen LogP contribution < -0.4 is 0 Å². The van der Waals surface area contributed by atoms with Gasteiger partial charge in [-0.2, -0.15) is 0 Å². The average Bonchev–Trinajstić information content (AvgIpc) is 3.07. The maximum atomic E-state index is 14.7. The molecule has 2 heterocycles. The molecular weight excluding hydrogens is 364 g/mol. The molecule has 5 nitrogen and oxygen atoms in total. The molecule has 4 rings (SSSR count). The molecule has 0 bridgehead atoms. The second-order valence-electron chi connectivity index (χ2n) is 6.88. The van der Waals surface area contributed by atoms with Crippen LogP contribution >= 0.6 is 0 Å². The van der Waals surface area contributed by atoms with Gasteiger partial charge in [0.15, 0.2) is 11.6 Å². The van der Waals surface area contributed by atoms with E-state index in [4.69, 9.17) is 0 Å². The van der Waals surface area contributed by atoms with Crippen molar-refractivity contribution in [1.29, 1.82) is 0 Å². The summed E-state index contributed by atoms with van der Waals surface area (Å²) in [6.07, 6.45) is 2.73. The number of nitro groups is 1. The quantitative estimate of drug-likeness (QED) is 0.486. The molecule has 0 saturated carbocycles. The largest absolute Gasteiger partial charge is 0.350 e. The van der Waals surface area contributed by atoms with E-state index in [0.717, 1.165) is 24.7 Å². The van der Waals surface area contributed by atoms with Crippen LogP contribution in [0.15, 0.2) is 60.8 Å². The van der Waals surface area contributed by atoms with Gasteiger partial charge in [0.05, 0.1) is 11.0 Å². The second-order valence-corrected chi connectivity index (χ2v) is 6.88. The maximum absolute atomic E-state index is 14.7. The van der Waals surface area contributed by atoms with Crippen LogP contribution in [0.2, 0.25) is 0 Å². The summed E-state index contributed by atoms with van der Waals surface area (Å²) in [7, 11) is 0. The van der Waals surface area contributed by atoms with E-state index in [2.05, 4.69) is 0 Å². The molecule has 0 spiro atoms. The molecule has 0 amide bonds. The molecule has 1 aromatic heterocycles. The fourth-order valence-corrected chi connectivity index (χ4v) is 3.94. The van der Waals surface area contributed by atoms with Gasteiger partial charge in [0.25, 0.3) is 5.69 Å². The van der Waals surface area contributed by atoms with Crippen molar-refractivity contribution in [3.05, 3.63) is 99.4 Å². The summed E-state index contributed by atoms with van der Waals surface area (Å²) in [4.78, 5) is 13.0. The van der Waals surface area contributed by atoms with E-state index in [1.807, 2.05) is 27.8 Å². The van der Waals surface area contributed by atoms with E-state index in [9.17, 15) is 18.9 Å². The molecule has 0 aliphatic carbocycles. The van der Waals surface area contributed by atoms with Gasteiger partial charge in [0, 0.05) is 48.7 Å². The van der Waals surface area contributed by atoms with Gasteiger partial charge in [-0.25, -0.2) is 8.78 Å². The standard InChI is InChI=1S/C21H19F2N3O2/c22-17-8-3-7-16(20(17)23)21-19-10-4-11-24(19)12-5-13-25(21)14-15-6-1-2-9-18(15)26(27)28/h1-4,6-11,21H,5,12-14H2. The van der Waals surface area contributed by atoms with Crippen molar-refractivity contribution in [2.75, 3.05) is 6.54 Å². The minimum absolute atomic E-state index is 0.0283. The molecular formula is C21H19F2N3O2. The Kier molecular flexibility index (Phi) is 4.92. The molecule has 28 heavy (non-hydrogen) atoms. The highest BCUT2D eigenvalue weighted by atomic mass is 19.2.